The van der Waals surface area contributed by atoms with Crippen molar-refractivity contribution in [2.24, 2.45) is 5.73 Å². The number of anilines is 1. The van der Waals surface area contributed by atoms with Crippen LogP contribution in [0.5, 0.6) is 0 Å². The van der Waals surface area contributed by atoms with Crippen molar-refractivity contribution < 1.29 is 9.53 Å². The maximum atomic E-state index is 11.6. The lowest BCUT2D eigenvalue weighted by Gasteiger charge is -2.25. The summed E-state index contributed by atoms with van der Waals surface area (Å²) in [6.45, 7) is 4.49. The fraction of sp³-hybridized carbons (Fsp3) is 0.294. The van der Waals surface area contributed by atoms with E-state index in [0.29, 0.717) is 11.4 Å². The van der Waals surface area contributed by atoms with E-state index in [0.717, 1.165) is 53.4 Å². The number of hydrogen-bond donors (Lipinski definition) is 2. The topological polar surface area (TPSA) is 94.5 Å². The number of thiophene rings is 2. The number of ether oxygens (including phenoxy) is 1. The number of morpholine rings is 1. The average Bonchev–Trinajstić information content (AvgIpc) is 3.23. The van der Waals surface area contributed by atoms with Crippen LogP contribution in [0.3, 0.4) is 0 Å². The van der Waals surface area contributed by atoms with Gasteiger partial charge in [-0.25, -0.2) is 4.98 Å². The Kier molecular flexibility index (Phi) is 4.43. The van der Waals surface area contributed by atoms with Gasteiger partial charge in [0, 0.05) is 46.5 Å². The molecule has 0 bridgehead atoms. The SMILES string of the molecule is NC(=O)c1cnc(N)c2cc(-c3csc(CN4CCOCC4)c3)sc12. The summed E-state index contributed by atoms with van der Waals surface area (Å²) in [7, 11) is 0. The minimum Gasteiger partial charge on any atom is -0.383 e. The number of fused-ring (bicyclic) bond motifs is 1. The van der Waals surface area contributed by atoms with Gasteiger partial charge in [0.2, 0.25) is 0 Å². The predicted molar refractivity (Wildman–Crippen MR) is 102 cm³/mol. The molecule has 4 N–H and O–H groups in total. The molecule has 1 amide bonds. The first-order valence-corrected chi connectivity index (χ1v) is 9.67. The highest BCUT2D eigenvalue weighted by atomic mass is 32.1. The summed E-state index contributed by atoms with van der Waals surface area (Å²) in [6.07, 6.45) is 1.46. The second kappa shape index (κ2) is 6.72. The van der Waals surface area contributed by atoms with Crippen molar-refractivity contribution in [2.75, 3.05) is 32.0 Å². The van der Waals surface area contributed by atoms with Crippen LogP contribution in [0.15, 0.2) is 23.7 Å². The third-order valence-corrected chi connectivity index (χ3v) is 6.41. The fourth-order valence-electron chi connectivity index (χ4n) is 2.93. The third-order valence-electron chi connectivity index (χ3n) is 4.27. The summed E-state index contributed by atoms with van der Waals surface area (Å²) in [5, 5.41) is 2.94. The van der Waals surface area contributed by atoms with Crippen LogP contribution in [0.1, 0.15) is 15.2 Å². The van der Waals surface area contributed by atoms with E-state index in [4.69, 9.17) is 16.2 Å². The molecule has 1 aliphatic heterocycles. The van der Waals surface area contributed by atoms with E-state index in [1.165, 1.54) is 22.4 Å². The van der Waals surface area contributed by atoms with Gasteiger partial charge in [-0.1, -0.05) is 0 Å². The molecule has 0 unspecified atom stereocenters. The highest BCUT2D eigenvalue weighted by Crippen LogP contribution is 2.39. The first-order valence-electron chi connectivity index (χ1n) is 7.97. The van der Waals surface area contributed by atoms with Crippen molar-refractivity contribution in [1.82, 2.24) is 9.88 Å². The number of nitrogens with zero attached hydrogens (tertiary/aromatic N) is 2. The Morgan fingerprint density at radius 1 is 1.32 bits per heavy atom. The smallest absolute Gasteiger partial charge is 0.251 e. The maximum absolute atomic E-state index is 11.6. The Bertz CT molecular complexity index is 928. The van der Waals surface area contributed by atoms with Gasteiger partial charge in [0.15, 0.2) is 0 Å². The molecule has 8 heteroatoms. The number of pyridine rings is 1. The van der Waals surface area contributed by atoms with Gasteiger partial charge < -0.3 is 16.2 Å². The minimum atomic E-state index is -0.482. The molecular formula is C17H18N4O2S2. The van der Waals surface area contributed by atoms with Crippen LogP contribution in [0.25, 0.3) is 20.5 Å². The van der Waals surface area contributed by atoms with Crippen molar-refractivity contribution in [2.45, 2.75) is 6.54 Å². The van der Waals surface area contributed by atoms with Crippen molar-refractivity contribution >= 4 is 44.5 Å². The van der Waals surface area contributed by atoms with E-state index in [2.05, 4.69) is 21.3 Å². The fourth-order valence-corrected chi connectivity index (χ4v) is 5.10. The van der Waals surface area contributed by atoms with Crippen molar-refractivity contribution in [3.8, 4) is 10.4 Å². The number of carbonyl (C=O) groups excluding carboxylic acids is 1. The summed E-state index contributed by atoms with van der Waals surface area (Å²) in [5.74, 6) is -0.0597. The van der Waals surface area contributed by atoms with Crippen LogP contribution in [-0.2, 0) is 11.3 Å². The normalized spacial score (nSPS) is 15.7. The summed E-state index contributed by atoms with van der Waals surface area (Å²) in [5.41, 5.74) is 13.0. The number of rotatable bonds is 4. The first-order chi connectivity index (χ1) is 12.1. The van der Waals surface area contributed by atoms with Gasteiger partial charge >= 0.3 is 0 Å². The highest BCUT2D eigenvalue weighted by Gasteiger charge is 2.16. The van der Waals surface area contributed by atoms with Gasteiger partial charge in [0.05, 0.1) is 23.5 Å². The van der Waals surface area contributed by atoms with Gasteiger partial charge in [0.1, 0.15) is 5.82 Å². The Morgan fingerprint density at radius 3 is 2.88 bits per heavy atom. The molecule has 0 aromatic carbocycles. The molecule has 3 aromatic heterocycles. The minimum absolute atomic E-state index is 0.421. The van der Waals surface area contributed by atoms with Gasteiger partial charge in [-0.2, -0.15) is 0 Å². The Hall–Kier alpha value is -2.00. The molecule has 0 aliphatic carbocycles. The molecule has 25 heavy (non-hydrogen) atoms. The summed E-state index contributed by atoms with van der Waals surface area (Å²) in [6, 6.07) is 4.20. The van der Waals surface area contributed by atoms with Crippen molar-refractivity contribution in [3.63, 3.8) is 0 Å². The molecular weight excluding hydrogens is 356 g/mol. The number of nitrogen functional groups attached to an aromatic ring is 1. The van der Waals surface area contributed by atoms with E-state index < -0.39 is 5.91 Å². The van der Waals surface area contributed by atoms with Crippen molar-refractivity contribution in [1.29, 1.82) is 0 Å². The van der Waals surface area contributed by atoms with E-state index in [-0.39, 0.29) is 0 Å². The van der Waals surface area contributed by atoms with Crippen LogP contribution in [0.4, 0.5) is 5.82 Å². The van der Waals surface area contributed by atoms with Crippen LogP contribution < -0.4 is 11.5 Å². The Balaban J connectivity index is 1.65. The molecule has 1 aliphatic rings. The molecule has 4 rings (SSSR count). The highest BCUT2D eigenvalue weighted by molar-refractivity contribution is 7.23. The monoisotopic (exact) mass is 374 g/mol. The summed E-state index contributed by atoms with van der Waals surface area (Å²) >= 11 is 3.28. The van der Waals surface area contributed by atoms with Gasteiger partial charge in [0.25, 0.3) is 5.91 Å². The van der Waals surface area contributed by atoms with Crippen molar-refractivity contribution in [3.05, 3.63) is 34.2 Å². The molecule has 3 aromatic rings. The number of primary amides is 1. The maximum Gasteiger partial charge on any atom is 0.251 e. The Morgan fingerprint density at radius 2 is 2.12 bits per heavy atom. The molecule has 1 saturated heterocycles. The molecule has 1 fully saturated rings. The van der Waals surface area contributed by atoms with Crippen LogP contribution in [0.2, 0.25) is 0 Å². The zero-order valence-electron chi connectivity index (χ0n) is 13.5. The molecule has 0 spiro atoms. The standard InChI is InChI=1S/C17H18N4O2S2/c18-16-12-6-14(25-15(12)13(7-20-16)17(19)22)10-5-11(24-9-10)8-21-1-3-23-4-2-21/h5-7,9H,1-4,8H2,(H2,18,20)(H2,19,22). The quantitative estimate of drug-likeness (QED) is 0.732. The van der Waals surface area contributed by atoms with E-state index in [1.54, 1.807) is 11.3 Å². The van der Waals surface area contributed by atoms with E-state index in [9.17, 15) is 4.79 Å². The summed E-state index contributed by atoms with van der Waals surface area (Å²) in [4.78, 5) is 20.5. The number of amides is 1. The lowest BCUT2D eigenvalue weighted by atomic mass is 10.2. The molecule has 130 valence electrons. The van der Waals surface area contributed by atoms with Gasteiger partial charge in [-0.3, -0.25) is 9.69 Å². The number of nitrogens with two attached hydrogens (primary N) is 2. The second-order valence-electron chi connectivity index (χ2n) is 5.97. The molecule has 0 atom stereocenters. The zero-order chi connectivity index (χ0) is 17.4. The lowest BCUT2D eigenvalue weighted by Crippen LogP contribution is -2.35. The number of aromatic nitrogens is 1. The second-order valence-corrected chi connectivity index (χ2v) is 8.01. The van der Waals surface area contributed by atoms with Crippen LogP contribution in [0, 0.1) is 0 Å². The van der Waals surface area contributed by atoms with Crippen LogP contribution >= 0.6 is 22.7 Å². The molecule has 6 nitrogen and oxygen atoms in total. The van der Waals surface area contributed by atoms with E-state index >= 15 is 0 Å². The largest absolute Gasteiger partial charge is 0.383 e. The van der Waals surface area contributed by atoms with Crippen LogP contribution in [-0.4, -0.2) is 42.1 Å². The van der Waals surface area contributed by atoms with Gasteiger partial charge in [-0.15, -0.1) is 22.7 Å². The zero-order valence-corrected chi connectivity index (χ0v) is 15.2. The number of carbonyl (C=O) groups is 1. The average molecular weight is 374 g/mol. The summed E-state index contributed by atoms with van der Waals surface area (Å²) < 4.78 is 6.20. The predicted octanol–water partition coefficient (Wildman–Crippen LogP) is 2.54. The first kappa shape index (κ1) is 16.5. The lowest BCUT2D eigenvalue weighted by molar-refractivity contribution is 0.0346. The molecule has 0 radical (unpaired) electrons. The third kappa shape index (κ3) is 3.25. The Labute approximate surface area is 153 Å². The molecule has 0 saturated carbocycles. The van der Waals surface area contributed by atoms with E-state index in [1.807, 2.05) is 6.07 Å². The number of hydrogen-bond acceptors (Lipinski definition) is 7. The van der Waals surface area contributed by atoms with Gasteiger partial charge in [-0.05, 0) is 17.5 Å². The molecule has 4 heterocycles.